The normalized spacial score (nSPS) is 20.1. The summed E-state index contributed by atoms with van der Waals surface area (Å²) in [6, 6.07) is 17.4. The van der Waals surface area contributed by atoms with Gasteiger partial charge in [0.25, 0.3) is 5.56 Å². The maximum absolute atomic E-state index is 13.9. The molecule has 0 bridgehead atoms. The Kier molecular flexibility index (Phi) is 6.88. The third-order valence-electron chi connectivity index (χ3n) is 7.02. The fourth-order valence-corrected chi connectivity index (χ4v) is 6.75. The number of hydrogen-bond donors (Lipinski definition) is 0. The van der Waals surface area contributed by atoms with Crippen molar-refractivity contribution in [1.29, 1.82) is 0 Å². The molecule has 2 heterocycles. The smallest absolute Gasteiger partial charge is 0.271 e. The maximum atomic E-state index is 13.9. The van der Waals surface area contributed by atoms with E-state index >= 15 is 0 Å². The van der Waals surface area contributed by atoms with Crippen LogP contribution in [0.25, 0.3) is 12.2 Å². The van der Waals surface area contributed by atoms with Crippen LogP contribution in [0.1, 0.15) is 42.5 Å². The van der Waals surface area contributed by atoms with Gasteiger partial charge in [0, 0.05) is 10.0 Å². The molecule has 0 radical (unpaired) electrons. The minimum Gasteiger partial charge on any atom is -0.272 e. The van der Waals surface area contributed by atoms with Crippen LogP contribution in [0, 0.1) is 17.6 Å². The van der Waals surface area contributed by atoms with Crippen molar-refractivity contribution in [2.24, 2.45) is 10.9 Å². The lowest BCUT2D eigenvalue weighted by molar-refractivity contribution is 0.481. The predicted molar refractivity (Wildman–Crippen MR) is 154 cm³/mol. The molecular weight excluding hydrogens is 557 g/mol. The highest BCUT2D eigenvalue weighted by molar-refractivity contribution is 7.07. The zero-order valence-electron chi connectivity index (χ0n) is 20.8. The lowest BCUT2D eigenvalue weighted by Gasteiger charge is -2.33. The van der Waals surface area contributed by atoms with Gasteiger partial charge in [0.1, 0.15) is 11.6 Å². The molecular formula is C31H22Cl2F2N2OS. The second-order valence-corrected chi connectivity index (χ2v) is 11.8. The summed E-state index contributed by atoms with van der Waals surface area (Å²) in [7, 11) is 0. The van der Waals surface area contributed by atoms with Crippen LogP contribution < -0.4 is 14.9 Å². The SMILES string of the molecule is CC1CC(=Cc2ccc(F)cc2)C2=C(C1)C(c1ccc(F)cc1)n1c(sc(=Cc3ccc(Cl)cc3Cl)c1=O)=N2. The molecule has 2 atom stereocenters. The van der Waals surface area contributed by atoms with Crippen LogP contribution in [0.2, 0.25) is 10.0 Å². The fraction of sp³-hybridized carbons (Fsp3) is 0.161. The molecule has 1 aliphatic heterocycles. The molecule has 8 heteroatoms. The second kappa shape index (κ2) is 10.3. The Morgan fingerprint density at radius 3 is 2.33 bits per heavy atom. The fourth-order valence-electron chi connectivity index (χ4n) is 5.29. The summed E-state index contributed by atoms with van der Waals surface area (Å²) in [4.78, 5) is 19.5. The number of hydrogen-bond acceptors (Lipinski definition) is 3. The highest BCUT2D eigenvalue weighted by Gasteiger charge is 2.34. The van der Waals surface area contributed by atoms with Gasteiger partial charge in [-0.2, -0.15) is 0 Å². The second-order valence-electron chi connectivity index (χ2n) is 9.91. The van der Waals surface area contributed by atoms with Crippen LogP contribution in [0.5, 0.6) is 0 Å². The van der Waals surface area contributed by atoms with E-state index in [1.165, 1.54) is 35.6 Å². The van der Waals surface area contributed by atoms with Crippen molar-refractivity contribution in [3.8, 4) is 0 Å². The topological polar surface area (TPSA) is 34.4 Å². The summed E-state index contributed by atoms with van der Waals surface area (Å²) in [6.07, 6.45) is 5.33. The van der Waals surface area contributed by atoms with Crippen molar-refractivity contribution in [2.75, 3.05) is 0 Å². The monoisotopic (exact) mass is 578 g/mol. The molecule has 1 aromatic heterocycles. The number of thiazole rings is 1. The van der Waals surface area contributed by atoms with Crippen molar-refractivity contribution in [2.45, 2.75) is 25.8 Å². The van der Waals surface area contributed by atoms with E-state index in [2.05, 4.69) is 6.92 Å². The van der Waals surface area contributed by atoms with E-state index in [0.29, 0.717) is 30.9 Å². The number of fused-ring (bicyclic) bond motifs is 1. The van der Waals surface area contributed by atoms with Gasteiger partial charge in [-0.3, -0.25) is 9.36 Å². The van der Waals surface area contributed by atoms with Gasteiger partial charge in [-0.1, -0.05) is 71.8 Å². The maximum Gasteiger partial charge on any atom is 0.271 e. The van der Waals surface area contributed by atoms with Crippen molar-refractivity contribution in [3.05, 3.63) is 142 Å². The van der Waals surface area contributed by atoms with Crippen molar-refractivity contribution < 1.29 is 8.78 Å². The number of allylic oxidation sites excluding steroid dienone is 2. The van der Waals surface area contributed by atoms with E-state index in [4.69, 9.17) is 28.2 Å². The van der Waals surface area contributed by atoms with E-state index in [-0.39, 0.29) is 17.2 Å². The third-order valence-corrected chi connectivity index (χ3v) is 8.57. The van der Waals surface area contributed by atoms with Crippen molar-refractivity contribution >= 4 is 46.7 Å². The van der Waals surface area contributed by atoms with Gasteiger partial charge < -0.3 is 0 Å². The zero-order chi connectivity index (χ0) is 27.3. The van der Waals surface area contributed by atoms with Gasteiger partial charge in [0.15, 0.2) is 4.80 Å². The van der Waals surface area contributed by atoms with Gasteiger partial charge in [-0.15, -0.1) is 0 Å². The molecule has 196 valence electrons. The highest BCUT2D eigenvalue weighted by atomic mass is 35.5. The Morgan fingerprint density at radius 2 is 1.64 bits per heavy atom. The van der Waals surface area contributed by atoms with Crippen LogP contribution in [-0.2, 0) is 0 Å². The zero-order valence-corrected chi connectivity index (χ0v) is 23.1. The molecule has 0 N–H and O–H groups in total. The number of aromatic nitrogens is 1. The molecule has 1 aliphatic carbocycles. The predicted octanol–water partition coefficient (Wildman–Crippen LogP) is 7.31. The average molecular weight is 579 g/mol. The standard InChI is InChI=1S/C31H22Cl2F2N2OS/c1-17-12-21(14-18-2-8-23(34)9-3-18)28-25(13-17)29(19-5-10-24(35)11-6-19)37-30(38)27(39-31(37)36-28)15-20-4-7-22(32)16-26(20)33/h2-11,14-17,29H,12-13H2,1H3. The Balaban J connectivity index is 1.59. The molecule has 0 amide bonds. The summed E-state index contributed by atoms with van der Waals surface area (Å²) in [5.74, 6) is -0.338. The third kappa shape index (κ3) is 5.05. The van der Waals surface area contributed by atoms with Crippen LogP contribution in [-0.4, -0.2) is 4.57 Å². The van der Waals surface area contributed by atoms with E-state index in [1.807, 2.05) is 6.08 Å². The first-order valence-corrected chi connectivity index (χ1v) is 14.1. The summed E-state index contributed by atoms with van der Waals surface area (Å²) in [6.45, 7) is 2.16. The highest BCUT2D eigenvalue weighted by Crippen LogP contribution is 2.43. The van der Waals surface area contributed by atoms with E-state index in [1.54, 1.807) is 53.1 Å². The lowest BCUT2D eigenvalue weighted by Crippen LogP contribution is -2.39. The van der Waals surface area contributed by atoms with Crippen LogP contribution >= 0.6 is 34.5 Å². The van der Waals surface area contributed by atoms with Gasteiger partial charge in [0.2, 0.25) is 0 Å². The van der Waals surface area contributed by atoms with E-state index in [0.717, 1.165) is 40.8 Å². The Bertz CT molecular complexity index is 1840. The van der Waals surface area contributed by atoms with Crippen LogP contribution in [0.4, 0.5) is 8.78 Å². The largest absolute Gasteiger partial charge is 0.272 e. The summed E-state index contributed by atoms with van der Waals surface area (Å²) in [5.41, 5.74) is 5.06. The summed E-state index contributed by atoms with van der Waals surface area (Å²) >= 11 is 13.8. The minimum absolute atomic E-state index is 0.187. The molecule has 6 rings (SSSR count). The number of nitrogens with zero attached hydrogens (tertiary/aromatic N) is 2. The molecule has 2 aliphatic rings. The quantitative estimate of drug-likeness (QED) is 0.251. The van der Waals surface area contributed by atoms with Crippen molar-refractivity contribution in [1.82, 2.24) is 4.57 Å². The van der Waals surface area contributed by atoms with Crippen LogP contribution in [0.15, 0.2) is 93.4 Å². The van der Waals surface area contributed by atoms with Crippen molar-refractivity contribution in [3.63, 3.8) is 0 Å². The first kappa shape index (κ1) is 25.9. The Morgan fingerprint density at radius 1 is 0.949 bits per heavy atom. The Hall–Kier alpha value is -3.32. The molecule has 0 fully saturated rings. The van der Waals surface area contributed by atoms with E-state index in [9.17, 15) is 13.6 Å². The molecule has 3 nitrogen and oxygen atoms in total. The summed E-state index contributed by atoms with van der Waals surface area (Å²) in [5, 5.41) is 0.957. The van der Waals surface area contributed by atoms with Gasteiger partial charge in [0.05, 0.1) is 16.3 Å². The number of halogens is 4. The van der Waals surface area contributed by atoms with Gasteiger partial charge in [-0.05, 0) is 95.1 Å². The molecule has 0 spiro atoms. The minimum atomic E-state index is -0.431. The number of benzene rings is 3. The molecule has 3 aromatic carbocycles. The first-order valence-electron chi connectivity index (χ1n) is 12.5. The van der Waals surface area contributed by atoms with Gasteiger partial charge in [-0.25, -0.2) is 13.8 Å². The number of rotatable bonds is 3. The molecule has 0 saturated carbocycles. The molecule has 39 heavy (non-hydrogen) atoms. The molecule has 2 unspecified atom stereocenters. The van der Waals surface area contributed by atoms with E-state index < -0.39 is 6.04 Å². The summed E-state index contributed by atoms with van der Waals surface area (Å²) < 4.78 is 29.7. The lowest BCUT2D eigenvalue weighted by atomic mass is 9.79. The molecule has 4 aromatic rings. The average Bonchev–Trinajstić information content (AvgIpc) is 3.21. The first-order chi connectivity index (χ1) is 18.8. The molecule has 0 saturated heterocycles. The van der Waals surface area contributed by atoms with Crippen LogP contribution in [0.3, 0.4) is 0 Å². The van der Waals surface area contributed by atoms with Gasteiger partial charge >= 0.3 is 0 Å². The Labute approximate surface area is 237 Å².